The van der Waals surface area contributed by atoms with Crippen LogP contribution in [0.2, 0.25) is 0 Å². The summed E-state index contributed by atoms with van der Waals surface area (Å²) in [7, 11) is 0. The van der Waals surface area contributed by atoms with Crippen LogP contribution in [0.25, 0.3) is 0 Å². The molecule has 1 aliphatic heterocycles. The van der Waals surface area contributed by atoms with Crippen molar-refractivity contribution in [2.24, 2.45) is 5.92 Å². The smallest absolute Gasteiger partial charge is 0.0592 e. The SMILES string of the molecule is CC1OCCC1CNc1cccc(N)c1. The highest BCUT2D eigenvalue weighted by Gasteiger charge is 2.23. The second kappa shape index (κ2) is 4.53. The zero-order valence-corrected chi connectivity index (χ0v) is 9.07. The van der Waals surface area contributed by atoms with Crippen LogP contribution < -0.4 is 11.1 Å². The Balaban J connectivity index is 1.87. The van der Waals surface area contributed by atoms with Crippen molar-refractivity contribution in [2.45, 2.75) is 19.4 Å². The number of ether oxygens (including phenoxy) is 1. The number of rotatable bonds is 3. The number of nitrogen functional groups attached to an aromatic ring is 1. The molecule has 1 saturated heterocycles. The predicted octanol–water partition coefficient (Wildman–Crippen LogP) is 2.11. The van der Waals surface area contributed by atoms with Crippen LogP contribution in [-0.4, -0.2) is 19.3 Å². The topological polar surface area (TPSA) is 47.3 Å². The van der Waals surface area contributed by atoms with Gasteiger partial charge in [-0.15, -0.1) is 0 Å². The lowest BCUT2D eigenvalue weighted by atomic mass is 10.0. The van der Waals surface area contributed by atoms with Crippen molar-refractivity contribution in [2.75, 3.05) is 24.2 Å². The molecule has 1 aromatic carbocycles. The Morgan fingerprint density at radius 1 is 1.53 bits per heavy atom. The van der Waals surface area contributed by atoms with Gasteiger partial charge in [-0.1, -0.05) is 6.07 Å². The van der Waals surface area contributed by atoms with Crippen molar-refractivity contribution in [3.05, 3.63) is 24.3 Å². The van der Waals surface area contributed by atoms with Gasteiger partial charge >= 0.3 is 0 Å². The summed E-state index contributed by atoms with van der Waals surface area (Å²) in [4.78, 5) is 0. The first kappa shape index (κ1) is 10.3. The highest BCUT2D eigenvalue weighted by atomic mass is 16.5. The third-order valence-corrected chi connectivity index (χ3v) is 2.99. The lowest BCUT2D eigenvalue weighted by Crippen LogP contribution is -2.20. The van der Waals surface area contributed by atoms with Gasteiger partial charge in [0.25, 0.3) is 0 Å². The van der Waals surface area contributed by atoms with Crippen LogP contribution in [0.4, 0.5) is 11.4 Å². The molecule has 2 rings (SSSR count). The highest BCUT2D eigenvalue weighted by molar-refractivity contribution is 5.54. The van der Waals surface area contributed by atoms with E-state index in [1.165, 1.54) is 0 Å². The molecular formula is C12H18N2O. The molecule has 1 aromatic rings. The average molecular weight is 206 g/mol. The van der Waals surface area contributed by atoms with E-state index in [4.69, 9.17) is 10.5 Å². The van der Waals surface area contributed by atoms with E-state index in [2.05, 4.69) is 12.2 Å². The van der Waals surface area contributed by atoms with Crippen LogP contribution in [0.1, 0.15) is 13.3 Å². The molecule has 3 heteroatoms. The molecule has 0 spiro atoms. The molecule has 0 aliphatic carbocycles. The maximum absolute atomic E-state index is 5.70. The van der Waals surface area contributed by atoms with Gasteiger partial charge in [0, 0.05) is 30.4 Å². The molecule has 15 heavy (non-hydrogen) atoms. The second-order valence-electron chi connectivity index (χ2n) is 4.13. The van der Waals surface area contributed by atoms with Gasteiger partial charge in [0.15, 0.2) is 0 Å². The van der Waals surface area contributed by atoms with E-state index in [0.717, 1.165) is 30.9 Å². The first-order valence-corrected chi connectivity index (χ1v) is 5.47. The van der Waals surface area contributed by atoms with Gasteiger partial charge in [0.05, 0.1) is 6.10 Å². The zero-order chi connectivity index (χ0) is 10.7. The fourth-order valence-corrected chi connectivity index (χ4v) is 1.94. The molecular weight excluding hydrogens is 188 g/mol. The van der Waals surface area contributed by atoms with Crippen LogP contribution in [0.3, 0.4) is 0 Å². The molecule has 1 aliphatic rings. The summed E-state index contributed by atoms with van der Waals surface area (Å²) >= 11 is 0. The van der Waals surface area contributed by atoms with E-state index in [-0.39, 0.29) is 0 Å². The number of anilines is 2. The van der Waals surface area contributed by atoms with Crippen molar-refractivity contribution < 1.29 is 4.74 Å². The fourth-order valence-electron chi connectivity index (χ4n) is 1.94. The van der Waals surface area contributed by atoms with E-state index < -0.39 is 0 Å². The highest BCUT2D eigenvalue weighted by Crippen LogP contribution is 2.21. The first-order valence-electron chi connectivity index (χ1n) is 5.47. The zero-order valence-electron chi connectivity index (χ0n) is 9.07. The van der Waals surface area contributed by atoms with Gasteiger partial charge in [-0.05, 0) is 31.5 Å². The van der Waals surface area contributed by atoms with Gasteiger partial charge in [0.1, 0.15) is 0 Å². The number of nitrogens with one attached hydrogen (secondary N) is 1. The summed E-state index contributed by atoms with van der Waals surface area (Å²) in [5.74, 6) is 0.617. The third kappa shape index (κ3) is 2.63. The monoisotopic (exact) mass is 206 g/mol. The molecule has 0 radical (unpaired) electrons. The van der Waals surface area contributed by atoms with Gasteiger partial charge in [0.2, 0.25) is 0 Å². The normalized spacial score (nSPS) is 25.4. The second-order valence-corrected chi connectivity index (χ2v) is 4.13. The minimum absolute atomic E-state index is 0.374. The summed E-state index contributed by atoms with van der Waals surface area (Å²) in [6.45, 7) is 3.99. The van der Waals surface area contributed by atoms with E-state index >= 15 is 0 Å². The molecule has 3 nitrogen and oxygen atoms in total. The van der Waals surface area contributed by atoms with Gasteiger partial charge in [-0.3, -0.25) is 0 Å². The summed E-state index contributed by atoms with van der Waals surface area (Å²) in [5.41, 5.74) is 7.60. The van der Waals surface area contributed by atoms with Crippen LogP contribution in [0, 0.1) is 5.92 Å². The Labute approximate surface area is 90.6 Å². The molecule has 2 atom stereocenters. The van der Waals surface area contributed by atoms with Gasteiger partial charge < -0.3 is 15.8 Å². The summed E-state index contributed by atoms with van der Waals surface area (Å²) in [5, 5.41) is 3.40. The maximum atomic E-state index is 5.70. The average Bonchev–Trinajstić information content (AvgIpc) is 2.61. The van der Waals surface area contributed by atoms with Crippen LogP contribution in [0.5, 0.6) is 0 Å². The lowest BCUT2D eigenvalue weighted by Gasteiger charge is -2.15. The van der Waals surface area contributed by atoms with Crippen molar-refractivity contribution in [3.8, 4) is 0 Å². The molecule has 0 bridgehead atoms. The summed E-state index contributed by atoms with van der Waals surface area (Å²) < 4.78 is 5.51. The van der Waals surface area contributed by atoms with E-state index in [1.54, 1.807) is 0 Å². The predicted molar refractivity (Wildman–Crippen MR) is 62.9 cm³/mol. The molecule has 1 heterocycles. The van der Waals surface area contributed by atoms with E-state index in [0.29, 0.717) is 12.0 Å². The Kier molecular flexibility index (Phi) is 3.11. The Morgan fingerprint density at radius 2 is 2.40 bits per heavy atom. The van der Waals surface area contributed by atoms with E-state index in [1.807, 2.05) is 24.3 Å². The van der Waals surface area contributed by atoms with Crippen LogP contribution in [0.15, 0.2) is 24.3 Å². The molecule has 3 N–H and O–H groups in total. The van der Waals surface area contributed by atoms with Gasteiger partial charge in [-0.25, -0.2) is 0 Å². The maximum Gasteiger partial charge on any atom is 0.0592 e. The quantitative estimate of drug-likeness (QED) is 0.745. The largest absolute Gasteiger partial charge is 0.399 e. The van der Waals surface area contributed by atoms with Crippen molar-refractivity contribution in [1.29, 1.82) is 0 Å². The Morgan fingerprint density at radius 3 is 3.07 bits per heavy atom. The first-order chi connectivity index (χ1) is 7.25. The van der Waals surface area contributed by atoms with Crippen molar-refractivity contribution >= 4 is 11.4 Å². The third-order valence-electron chi connectivity index (χ3n) is 2.99. The molecule has 2 unspecified atom stereocenters. The fraction of sp³-hybridized carbons (Fsp3) is 0.500. The molecule has 82 valence electrons. The standard InChI is InChI=1S/C12H18N2O/c1-9-10(5-6-15-9)8-14-12-4-2-3-11(13)7-12/h2-4,7,9-10,14H,5-6,8,13H2,1H3. The van der Waals surface area contributed by atoms with Crippen molar-refractivity contribution in [1.82, 2.24) is 0 Å². The number of hydrogen-bond acceptors (Lipinski definition) is 3. The number of nitrogens with two attached hydrogens (primary N) is 1. The van der Waals surface area contributed by atoms with Crippen LogP contribution >= 0.6 is 0 Å². The number of hydrogen-bond donors (Lipinski definition) is 2. The molecule has 0 amide bonds. The molecule has 0 aromatic heterocycles. The summed E-state index contributed by atoms with van der Waals surface area (Å²) in [6, 6.07) is 7.86. The van der Waals surface area contributed by atoms with Crippen molar-refractivity contribution in [3.63, 3.8) is 0 Å². The lowest BCUT2D eigenvalue weighted by molar-refractivity contribution is 0.108. The Hall–Kier alpha value is -1.22. The minimum Gasteiger partial charge on any atom is -0.399 e. The molecule has 1 fully saturated rings. The minimum atomic E-state index is 0.374. The summed E-state index contributed by atoms with van der Waals surface area (Å²) in [6.07, 6.45) is 1.52. The number of benzene rings is 1. The Bertz CT molecular complexity index is 327. The van der Waals surface area contributed by atoms with Gasteiger partial charge in [-0.2, -0.15) is 0 Å². The molecule has 0 saturated carbocycles. The van der Waals surface area contributed by atoms with Crippen LogP contribution in [-0.2, 0) is 4.74 Å². The van der Waals surface area contributed by atoms with E-state index in [9.17, 15) is 0 Å².